The van der Waals surface area contributed by atoms with Crippen LogP contribution in [0.15, 0.2) is 61.1 Å². The number of nitrogens with one attached hydrogen (secondary N) is 2. The summed E-state index contributed by atoms with van der Waals surface area (Å²) in [4.78, 5) is 36.2. The smallest absolute Gasteiger partial charge is 0.251 e. The van der Waals surface area contributed by atoms with Crippen LogP contribution in [0.4, 0.5) is 14.6 Å². The summed E-state index contributed by atoms with van der Waals surface area (Å²) < 4.78 is 35.6. The van der Waals surface area contributed by atoms with E-state index >= 15 is 0 Å². The third-order valence-corrected chi connectivity index (χ3v) is 6.39. The summed E-state index contributed by atoms with van der Waals surface area (Å²) in [6, 6.07) is 10.1. The summed E-state index contributed by atoms with van der Waals surface area (Å²) >= 11 is 0. The summed E-state index contributed by atoms with van der Waals surface area (Å²) in [6.45, 7) is 2.67. The van der Waals surface area contributed by atoms with Gasteiger partial charge >= 0.3 is 0 Å². The number of amides is 2. The molecule has 2 atom stereocenters. The van der Waals surface area contributed by atoms with Crippen molar-refractivity contribution in [1.29, 1.82) is 0 Å². The zero-order valence-corrected chi connectivity index (χ0v) is 20.1. The first-order chi connectivity index (χ1) is 17.9. The fraction of sp³-hybridized carbons (Fsp3) is 0.231. The molecule has 0 aliphatic carbocycles. The minimum absolute atomic E-state index is 0.00385. The van der Waals surface area contributed by atoms with Crippen LogP contribution in [0.25, 0.3) is 16.9 Å². The van der Waals surface area contributed by atoms with Crippen molar-refractivity contribution in [2.75, 3.05) is 25.5 Å². The molecule has 1 aliphatic heterocycles. The Morgan fingerprint density at radius 3 is 2.65 bits per heavy atom. The van der Waals surface area contributed by atoms with E-state index in [4.69, 9.17) is 4.74 Å². The highest BCUT2D eigenvalue weighted by Gasteiger charge is 2.41. The van der Waals surface area contributed by atoms with Gasteiger partial charge in [0, 0.05) is 36.6 Å². The van der Waals surface area contributed by atoms with Crippen molar-refractivity contribution in [3.05, 3.63) is 78.3 Å². The first-order valence-corrected chi connectivity index (χ1v) is 11.7. The van der Waals surface area contributed by atoms with E-state index in [2.05, 4.69) is 20.6 Å². The van der Waals surface area contributed by atoms with Gasteiger partial charge in [0.05, 0.1) is 25.0 Å². The van der Waals surface area contributed by atoms with Gasteiger partial charge in [-0.15, -0.1) is 0 Å². The number of carbonyl (C=O) groups excluding carboxylic acids is 2. The molecule has 11 heteroatoms. The second-order valence-corrected chi connectivity index (χ2v) is 8.50. The summed E-state index contributed by atoms with van der Waals surface area (Å²) in [7, 11) is 1.26. The van der Waals surface area contributed by atoms with Crippen molar-refractivity contribution >= 4 is 23.3 Å². The molecule has 3 heterocycles. The molecular formula is C26H24F2N6O3. The van der Waals surface area contributed by atoms with Crippen LogP contribution in [0.3, 0.4) is 0 Å². The van der Waals surface area contributed by atoms with E-state index in [0.29, 0.717) is 35.8 Å². The quantitative estimate of drug-likeness (QED) is 0.400. The van der Waals surface area contributed by atoms with Gasteiger partial charge in [0.1, 0.15) is 6.04 Å². The van der Waals surface area contributed by atoms with Crippen molar-refractivity contribution in [3.8, 4) is 17.0 Å². The largest absolute Gasteiger partial charge is 0.494 e. The predicted octanol–water partition coefficient (Wildman–Crippen LogP) is 3.12. The second kappa shape index (κ2) is 9.84. The topological polar surface area (TPSA) is 101 Å². The zero-order chi connectivity index (χ0) is 26.1. The lowest BCUT2D eigenvalue weighted by atomic mass is 10.1. The monoisotopic (exact) mass is 506 g/mol. The van der Waals surface area contributed by atoms with Gasteiger partial charge in [0.25, 0.3) is 5.91 Å². The molecule has 4 aromatic rings. The number of nitrogens with zero attached hydrogens (tertiary/aromatic N) is 4. The third-order valence-electron chi connectivity index (χ3n) is 6.39. The number of fused-ring (bicyclic) bond motifs is 1. The van der Waals surface area contributed by atoms with Crippen LogP contribution in [-0.2, 0) is 4.79 Å². The van der Waals surface area contributed by atoms with E-state index in [1.54, 1.807) is 45.8 Å². The van der Waals surface area contributed by atoms with Crippen LogP contribution in [0.1, 0.15) is 17.3 Å². The molecule has 1 aliphatic rings. The van der Waals surface area contributed by atoms with Crippen molar-refractivity contribution < 1.29 is 23.1 Å². The van der Waals surface area contributed by atoms with E-state index in [-0.39, 0.29) is 23.1 Å². The highest BCUT2D eigenvalue weighted by molar-refractivity contribution is 5.98. The van der Waals surface area contributed by atoms with Crippen LogP contribution in [0, 0.1) is 11.6 Å². The Balaban J connectivity index is 1.46. The Bertz CT molecular complexity index is 1480. The number of likely N-dealkylation sites (N-methyl/N-ethyl adjacent to an activating group) is 1. The number of carbonyl (C=O) groups is 2. The molecule has 1 unspecified atom stereocenters. The van der Waals surface area contributed by atoms with E-state index in [9.17, 15) is 18.4 Å². The lowest BCUT2D eigenvalue weighted by molar-refractivity contribution is -0.129. The number of anilines is 1. The molecule has 0 spiro atoms. The van der Waals surface area contributed by atoms with Gasteiger partial charge < -0.3 is 20.3 Å². The number of hydrogen-bond donors (Lipinski definition) is 2. The molecule has 0 bridgehead atoms. The molecule has 0 saturated carbocycles. The first kappa shape index (κ1) is 24.2. The molecular weight excluding hydrogens is 482 g/mol. The molecule has 37 heavy (non-hydrogen) atoms. The Hall–Kier alpha value is -4.54. The van der Waals surface area contributed by atoms with Gasteiger partial charge in [-0.1, -0.05) is 18.2 Å². The van der Waals surface area contributed by atoms with Crippen LogP contribution < -0.4 is 15.4 Å². The maximum Gasteiger partial charge on any atom is 0.251 e. The molecule has 9 nitrogen and oxygen atoms in total. The van der Waals surface area contributed by atoms with Crippen molar-refractivity contribution in [2.45, 2.75) is 19.0 Å². The van der Waals surface area contributed by atoms with Crippen molar-refractivity contribution in [1.82, 2.24) is 24.6 Å². The standard InChI is InChI=1S/C26H24F2N6O3/c1-3-33-14-17(22(26(33)36)32-25(35)15-7-5-4-6-8-15)31-23-24-30-13-18(34(24)12-11-29-23)16-9-10-19(37-2)21(28)20(16)27/h4-13,17,22H,3,14H2,1-2H3,(H,29,31)(H,32,35)/t17?,22-/m0/s1. The molecule has 2 aromatic heterocycles. The Morgan fingerprint density at radius 1 is 1.14 bits per heavy atom. The second-order valence-electron chi connectivity index (χ2n) is 8.50. The number of ether oxygens (including phenoxy) is 1. The van der Waals surface area contributed by atoms with E-state index in [1.807, 2.05) is 6.92 Å². The molecule has 190 valence electrons. The number of methoxy groups -OCH3 is 1. The van der Waals surface area contributed by atoms with Crippen molar-refractivity contribution in [2.24, 2.45) is 0 Å². The van der Waals surface area contributed by atoms with Crippen LogP contribution in [0.2, 0.25) is 0 Å². The molecule has 0 radical (unpaired) electrons. The van der Waals surface area contributed by atoms with Gasteiger partial charge in [-0.25, -0.2) is 14.4 Å². The number of imidazole rings is 1. The highest BCUT2D eigenvalue weighted by atomic mass is 19.2. The fourth-order valence-electron chi connectivity index (χ4n) is 4.48. The highest BCUT2D eigenvalue weighted by Crippen LogP contribution is 2.31. The van der Waals surface area contributed by atoms with Gasteiger partial charge in [0.2, 0.25) is 11.7 Å². The molecule has 2 aromatic carbocycles. The minimum Gasteiger partial charge on any atom is -0.494 e. The lowest BCUT2D eigenvalue weighted by Gasteiger charge is -2.20. The molecule has 1 fully saturated rings. The number of aromatic nitrogens is 3. The normalized spacial score (nSPS) is 17.3. The summed E-state index contributed by atoms with van der Waals surface area (Å²) in [5.74, 6) is -2.60. The molecule has 2 amide bonds. The maximum absolute atomic E-state index is 14.8. The summed E-state index contributed by atoms with van der Waals surface area (Å²) in [5.41, 5.74) is 1.11. The average molecular weight is 507 g/mol. The van der Waals surface area contributed by atoms with Gasteiger partial charge in [-0.05, 0) is 31.2 Å². The van der Waals surface area contributed by atoms with Crippen molar-refractivity contribution in [3.63, 3.8) is 0 Å². The van der Waals surface area contributed by atoms with E-state index < -0.39 is 23.7 Å². The molecule has 2 N–H and O–H groups in total. The maximum atomic E-state index is 14.8. The molecule has 1 saturated heterocycles. The Kier molecular flexibility index (Phi) is 6.43. The lowest BCUT2D eigenvalue weighted by Crippen LogP contribution is -2.48. The van der Waals surface area contributed by atoms with E-state index in [0.717, 1.165) is 0 Å². The Labute approximate surface area is 211 Å². The third kappa shape index (κ3) is 4.32. The van der Waals surface area contributed by atoms with Crippen LogP contribution >= 0.6 is 0 Å². The van der Waals surface area contributed by atoms with E-state index in [1.165, 1.54) is 31.6 Å². The summed E-state index contributed by atoms with van der Waals surface area (Å²) in [6.07, 6.45) is 4.49. The zero-order valence-electron chi connectivity index (χ0n) is 20.1. The van der Waals surface area contributed by atoms with Crippen LogP contribution in [-0.4, -0.2) is 63.4 Å². The number of hydrogen-bond acceptors (Lipinski definition) is 6. The SMILES string of the molecule is CCN1CC(Nc2nccn3c(-c4ccc(OC)c(F)c4F)cnc23)[C@H](NC(=O)c2ccccc2)C1=O. The number of benzene rings is 2. The first-order valence-electron chi connectivity index (χ1n) is 11.7. The van der Waals surface area contributed by atoms with Gasteiger partial charge in [-0.3, -0.25) is 14.0 Å². The minimum atomic E-state index is -1.09. The number of rotatable bonds is 7. The predicted molar refractivity (Wildman–Crippen MR) is 132 cm³/mol. The molecule has 5 rings (SSSR count). The van der Waals surface area contributed by atoms with Crippen LogP contribution in [0.5, 0.6) is 5.75 Å². The average Bonchev–Trinajstić information content (AvgIpc) is 3.48. The van der Waals surface area contributed by atoms with Gasteiger partial charge in [0.15, 0.2) is 23.0 Å². The number of likely N-dealkylation sites (tertiary alicyclic amines) is 1. The Morgan fingerprint density at radius 2 is 1.92 bits per heavy atom. The fourth-order valence-corrected chi connectivity index (χ4v) is 4.48. The summed E-state index contributed by atoms with van der Waals surface area (Å²) in [5, 5.41) is 6.07. The number of halogens is 2. The van der Waals surface area contributed by atoms with Gasteiger partial charge in [-0.2, -0.15) is 4.39 Å².